The number of aliphatic hydroxyl groups is 1. The zero-order valence-electron chi connectivity index (χ0n) is 21.4. The van der Waals surface area contributed by atoms with E-state index in [0.29, 0.717) is 11.2 Å². The van der Waals surface area contributed by atoms with Gasteiger partial charge >= 0.3 is 13.7 Å². The lowest BCUT2D eigenvalue weighted by Crippen LogP contribution is -2.38. The fourth-order valence-electron chi connectivity index (χ4n) is 4.13. The first-order valence-corrected chi connectivity index (χ1v) is 13.5. The van der Waals surface area contributed by atoms with Crippen LogP contribution in [0.1, 0.15) is 33.4 Å². The summed E-state index contributed by atoms with van der Waals surface area (Å²) in [6, 6.07) is 10.3. The number of aromatic nitrogens is 3. The van der Waals surface area contributed by atoms with Crippen molar-refractivity contribution in [1.29, 1.82) is 0 Å². The first-order valence-electron chi connectivity index (χ1n) is 12.0. The molecule has 0 aliphatic carbocycles. The fourth-order valence-corrected chi connectivity index (χ4v) is 5.63. The van der Waals surface area contributed by atoms with Crippen LogP contribution in [0.4, 0.5) is 10.2 Å². The number of nitrogens with zero attached hydrogens (tertiary/aromatic N) is 3. The molecule has 206 valence electrons. The number of fused-ring (bicyclic) bond motifs is 1. The molecule has 2 unspecified atom stereocenters. The number of nitrogens with one attached hydrogen (secondary N) is 1. The van der Waals surface area contributed by atoms with Gasteiger partial charge < -0.3 is 24.8 Å². The maximum Gasteiger partial charge on any atom is 0.459 e. The van der Waals surface area contributed by atoms with Crippen LogP contribution in [-0.2, 0) is 29.0 Å². The molecule has 3 aromatic rings. The van der Waals surface area contributed by atoms with Crippen molar-refractivity contribution in [2.75, 3.05) is 12.3 Å². The van der Waals surface area contributed by atoms with Gasteiger partial charge in [-0.05, 0) is 52.0 Å². The van der Waals surface area contributed by atoms with Crippen LogP contribution < -0.4 is 15.3 Å². The van der Waals surface area contributed by atoms with Crippen molar-refractivity contribution in [2.45, 2.75) is 63.8 Å². The molecule has 2 aromatic heterocycles. The molecule has 1 aromatic carbocycles. The van der Waals surface area contributed by atoms with E-state index in [9.17, 15) is 14.5 Å². The van der Waals surface area contributed by atoms with Gasteiger partial charge in [0.25, 0.3) is 0 Å². The Morgan fingerprint density at radius 2 is 2.00 bits per heavy atom. The largest absolute Gasteiger partial charge is 0.462 e. The Morgan fingerprint density at radius 1 is 1.29 bits per heavy atom. The van der Waals surface area contributed by atoms with E-state index in [1.165, 1.54) is 24.7 Å². The number of nitrogen functional groups attached to an aromatic ring is 1. The summed E-state index contributed by atoms with van der Waals surface area (Å²) in [5.74, 6) is -0.278. The minimum absolute atomic E-state index is 0.193. The summed E-state index contributed by atoms with van der Waals surface area (Å²) in [5.41, 5.74) is 4.98. The monoisotopic (exact) mass is 551 g/mol. The van der Waals surface area contributed by atoms with E-state index in [1.807, 2.05) is 0 Å². The van der Waals surface area contributed by atoms with Crippen molar-refractivity contribution in [3.8, 4) is 5.75 Å². The highest BCUT2D eigenvalue weighted by atomic mass is 31.2. The van der Waals surface area contributed by atoms with Gasteiger partial charge in [0, 0.05) is 0 Å². The zero-order valence-corrected chi connectivity index (χ0v) is 22.2. The second kappa shape index (κ2) is 11.0. The third-order valence-corrected chi connectivity index (χ3v) is 7.67. The normalized spacial score (nSPS) is 25.8. The molecule has 1 saturated heterocycles. The molecule has 3 heterocycles. The van der Waals surface area contributed by atoms with Crippen LogP contribution in [0, 0.1) is 0 Å². The maximum absolute atomic E-state index is 15.5. The highest BCUT2D eigenvalue weighted by Gasteiger charge is 2.55. The Bertz CT molecular complexity index is 1330. The molecule has 38 heavy (non-hydrogen) atoms. The van der Waals surface area contributed by atoms with Crippen LogP contribution in [0.2, 0.25) is 0 Å². The number of ether oxygens (including phenoxy) is 2. The van der Waals surface area contributed by atoms with Crippen molar-refractivity contribution in [1.82, 2.24) is 19.7 Å². The molecule has 1 fully saturated rings. The molecule has 1 aliphatic heterocycles. The number of hydrogen-bond donors (Lipinski definition) is 3. The molecule has 4 rings (SSSR count). The van der Waals surface area contributed by atoms with Crippen LogP contribution in [-0.4, -0.2) is 62.8 Å². The maximum atomic E-state index is 15.5. The molecule has 4 N–H and O–H groups in total. The van der Waals surface area contributed by atoms with Crippen molar-refractivity contribution < 1.29 is 37.4 Å². The number of benzene rings is 1. The molecule has 0 radical (unpaired) electrons. The number of carbonyl (C=O) groups is 1. The summed E-state index contributed by atoms with van der Waals surface area (Å²) in [7, 11) is -4.25. The van der Waals surface area contributed by atoms with Crippen molar-refractivity contribution in [3.05, 3.63) is 54.5 Å². The Morgan fingerprint density at radius 3 is 2.68 bits per heavy atom. The molecule has 0 saturated carbocycles. The van der Waals surface area contributed by atoms with Crippen LogP contribution in [0.15, 0.2) is 48.8 Å². The quantitative estimate of drug-likeness (QED) is 0.251. The van der Waals surface area contributed by atoms with Gasteiger partial charge in [-0.15, -0.1) is 0 Å². The minimum Gasteiger partial charge on any atom is -0.462 e. The average molecular weight is 552 g/mol. The highest BCUT2D eigenvalue weighted by molar-refractivity contribution is 7.52. The topological polar surface area (TPSA) is 160 Å². The molecular weight excluding hydrogens is 520 g/mol. The van der Waals surface area contributed by atoms with Gasteiger partial charge in [-0.1, -0.05) is 18.2 Å². The van der Waals surface area contributed by atoms with E-state index in [1.54, 1.807) is 56.3 Å². The van der Waals surface area contributed by atoms with Gasteiger partial charge in [0.1, 0.15) is 41.4 Å². The second-order valence-electron chi connectivity index (χ2n) is 9.35. The zero-order chi connectivity index (χ0) is 27.7. The smallest absolute Gasteiger partial charge is 0.459 e. The number of carbonyl (C=O) groups excluding carboxylic acids is 1. The Kier molecular flexibility index (Phi) is 8.05. The fraction of sp³-hybridized carbons (Fsp3) is 0.458. The van der Waals surface area contributed by atoms with E-state index < -0.39 is 56.4 Å². The molecule has 0 amide bonds. The van der Waals surface area contributed by atoms with Gasteiger partial charge in [0.2, 0.25) is 0 Å². The van der Waals surface area contributed by atoms with Crippen molar-refractivity contribution in [2.24, 2.45) is 0 Å². The predicted octanol–water partition coefficient (Wildman–Crippen LogP) is 2.76. The number of aliphatic hydroxyl groups excluding tert-OH is 1. The summed E-state index contributed by atoms with van der Waals surface area (Å²) < 4.78 is 52.9. The summed E-state index contributed by atoms with van der Waals surface area (Å²) in [6.45, 7) is 5.73. The van der Waals surface area contributed by atoms with Crippen LogP contribution in [0.5, 0.6) is 5.75 Å². The van der Waals surface area contributed by atoms with Crippen molar-refractivity contribution in [3.63, 3.8) is 0 Å². The molecule has 0 bridgehead atoms. The van der Waals surface area contributed by atoms with E-state index in [0.717, 1.165) is 0 Å². The highest BCUT2D eigenvalue weighted by Crippen LogP contribution is 2.47. The van der Waals surface area contributed by atoms with E-state index in [4.69, 9.17) is 24.3 Å². The number of rotatable bonds is 10. The number of halogens is 1. The lowest BCUT2D eigenvalue weighted by molar-refractivity contribution is -0.149. The number of esters is 1. The number of alkyl halides is 1. The summed E-state index contributed by atoms with van der Waals surface area (Å²) in [6.07, 6.45) is -3.95. The summed E-state index contributed by atoms with van der Waals surface area (Å²) in [5, 5.41) is 17.4. The molecule has 14 heteroatoms. The van der Waals surface area contributed by atoms with Gasteiger partial charge in [-0.2, -0.15) is 10.2 Å². The molecule has 0 spiro atoms. The number of hydrogen-bond acceptors (Lipinski definition) is 10. The number of para-hydroxylation sites is 1. The minimum atomic E-state index is -4.25. The van der Waals surface area contributed by atoms with E-state index >= 15 is 4.39 Å². The first kappa shape index (κ1) is 27.9. The van der Waals surface area contributed by atoms with Gasteiger partial charge in [0.05, 0.1) is 18.4 Å². The Labute approximate surface area is 218 Å². The summed E-state index contributed by atoms with van der Waals surface area (Å²) >= 11 is 0. The third kappa shape index (κ3) is 5.67. The lowest BCUT2D eigenvalue weighted by Gasteiger charge is -2.27. The molecule has 1 aliphatic rings. The number of anilines is 1. The van der Waals surface area contributed by atoms with Crippen LogP contribution in [0.25, 0.3) is 5.52 Å². The van der Waals surface area contributed by atoms with Crippen LogP contribution >= 0.6 is 7.75 Å². The Balaban J connectivity index is 1.54. The second-order valence-corrected chi connectivity index (χ2v) is 11.0. The number of nitrogens with two attached hydrogens (primary N) is 1. The molecule has 6 atom stereocenters. The standard InChI is InChI=1S/C24H31FN5O7P/c1-14(2)35-23(32)15(3)29-38(33,37-16-8-6-5-7-9-16)34-12-18-20(31)21(25)24(4,36-18)19-11-10-17-22(26)27-13-28-30(17)19/h5-11,13-15,18,20-21,31H,12H2,1-4H3,(H,29,33)(H2,26,27,28)/t15-,18+,20+,21+,24?,38?/m0/s1. The van der Waals surface area contributed by atoms with E-state index in [2.05, 4.69) is 15.2 Å². The van der Waals surface area contributed by atoms with E-state index in [-0.39, 0.29) is 11.6 Å². The van der Waals surface area contributed by atoms with Crippen LogP contribution in [0.3, 0.4) is 0 Å². The van der Waals surface area contributed by atoms with Gasteiger partial charge in [-0.25, -0.2) is 18.5 Å². The molecule has 12 nitrogen and oxygen atoms in total. The molecular formula is C24H31FN5O7P. The third-order valence-electron chi connectivity index (χ3n) is 6.03. The first-order chi connectivity index (χ1) is 17.9. The average Bonchev–Trinajstić information content (AvgIpc) is 3.40. The predicted molar refractivity (Wildman–Crippen MR) is 135 cm³/mol. The summed E-state index contributed by atoms with van der Waals surface area (Å²) in [4.78, 5) is 16.3. The Hall–Kier alpha value is -3.09. The van der Waals surface area contributed by atoms with Gasteiger partial charge in [0.15, 0.2) is 12.0 Å². The lowest BCUT2D eigenvalue weighted by atomic mass is 9.94. The van der Waals surface area contributed by atoms with Gasteiger partial charge in [-0.3, -0.25) is 9.32 Å². The van der Waals surface area contributed by atoms with Crippen molar-refractivity contribution >= 4 is 25.1 Å². The SMILES string of the molecule is CC(C)OC(=O)[C@H](C)NP(=O)(OC[C@H]1OC(C)(c2ccc3c(N)ncnn23)[C@H](F)[C@@H]1O)Oc1ccccc1.